The lowest BCUT2D eigenvalue weighted by atomic mass is 9.98. The quantitative estimate of drug-likeness (QED) is 0.199. The Morgan fingerprint density at radius 2 is 1.45 bits per heavy atom. The fraction of sp³-hybridized carbons (Fsp3) is 0.300. The van der Waals surface area contributed by atoms with Crippen LogP contribution in [0.2, 0.25) is 0 Å². The maximum Gasteiger partial charge on any atom is 0.517 e. The van der Waals surface area contributed by atoms with E-state index in [1.54, 1.807) is 20.8 Å². The summed E-state index contributed by atoms with van der Waals surface area (Å²) in [4.78, 5) is 38.3. The van der Waals surface area contributed by atoms with Crippen LogP contribution < -0.4 is 5.32 Å². The highest BCUT2D eigenvalue weighted by Gasteiger charge is 2.30. The normalized spacial score (nSPS) is 13.1. The molecule has 1 unspecified atom stereocenters. The lowest BCUT2D eigenvalue weighted by Crippen LogP contribution is -2.40. The van der Waals surface area contributed by atoms with Crippen molar-refractivity contribution in [2.75, 3.05) is 12.4 Å². The third kappa shape index (κ3) is 7.38. The molecule has 3 aromatic rings. The van der Waals surface area contributed by atoms with E-state index in [0.717, 1.165) is 27.1 Å². The van der Waals surface area contributed by atoms with Crippen LogP contribution in [0.25, 0.3) is 11.1 Å². The fourth-order valence-electron chi connectivity index (χ4n) is 4.34. The molecule has 1 amide bonds. The van der Waals surface area contributed by atoms with Gasteiger partial charge in [0.2, 0.25) is 0 Å². The number of rotatable bonds is 8. The standard InChI is InChI=1S/C30H31NO6S/c1-30(2,3)37-27(32)17-20(19-38-21-11-5-4-6-12-21)31-28(33)36-29(34)35-18-26-24-15-9-7-13-22(24)23-14-8-10-16-25(23)26/h4-16,20,26H,17-19H2,1-3H3,(H,31,33). The number of hydrogen-bond acceptors (Lipinski definition) is 7. The smallest absolute Gasteiger partial charge is 0.460 e. The second-order valence-electron chi connectivity index (χ2n) is 9.93. The third-order valence-electron chi connectivity index (χ3n) is 5.86. The minimum absolute atomic E-state index is 0.0331. The first-order valence-electron chi connectivity index (χ1n) is 12.4. The van der Waals surface area contributed by atoms with Gasteiger partial charge in [0, 0.05) is 16.6 Å². The third-order valence-corrected chi connectivity index (χ3v) is 7.03. The van der Waals surface area contributed by atoms with Crippen molar-refractivity contribution in [3.63, 3.8) is 0 Å². The number of hydrogen-bond donors (Lipinski definition) is 1. The van der Waals surface area contributed by atoms with Gasteiger partial charge in [-0.1, -0.05) is 66.7 Å². The molecule has 0 heterocycles. The van der Waals surface area contributed by atoms with Crippen LogP contribution in [0.4, 0.5) is 9.59 Å². The number of nitrogens with one attached hydrogen (secondary N) is 1. The number of amides is 1. The van der Waals surface area contributed by atoms with E-state index in [2.05, 4.69) is 5.32 Å². The van der Waals surface area contributed by atoms with E-state index < -0.39 is 29.9 Å². The molecule has 38 heavy (non-hydrogen) atoms. The molecule has 0 bridgehead atoms. The lowest BCUT2D eigenvalue weighted by molar-refractivity contribution is -0.155. The second-order valence-corrected chi connectivity index (χ2v) is 11.0. The number of alkyl carbamates (subject to hydrolysis) is 1. The molecule has 3 aromatic carbocycles. The number of thioether (sulfide) groups is 1. The van der Waals surface area contributed by atoms with Crippen molar-refractivity contribution in [1.29, 1.82) is 0 Å². The molecule has 0 radical (unpaired) electrons. The number of carbonyl (C=O) groups excluding carboxylic acids is 3. The zero-order valence-corrected chi connectivity index (χ0v) is 22.5. The van der Waals surface area contributed by atoms with Crippen LogP contribution >= 0.6 is 11.8 Å². The topological polar surface area (TPSA) is 90.9 Å². The van der Waals surface area contributed by atoms with Crippen molar-refractivity contribution in [3.8, 4) is 11.1 Å². The first-order valence-corrected chi connectivity index (χ1v) is 13.4. The number of carbonyl (C=O) groups is 3. The second kappa shape index (κ2) is 12.2. The Morgan fingerprint density at radius 1 is 0.868 bits per heavy atom. The average molecular weight is 534 g/mol. The van der Waals surface area contributed by atoms with Gasteiger partial charge in [-0.05, 0) is 55.2 Å². The van der Waals surface area contributed by atoms with Gasteiger partial charge >= 0.3 is 18.2 Å². The number of fused-ring (bicyclic) bond motifs is 3. The van der Waals surface area contributed by atoms with Crippen LogP contribution in [-0.2, 0) is 19.0 Å². The zero-order chi connectivity index (χ0) is 27.1. The highest BCUT2D eigenvalue weighted by Crippen LogP contribution is 2.44. The van der Waals surface area contributed by atoms with Crippen LogP contribution in [0.1, 0.15) is 44.2 Å². The molecular formula is C30H31NO6S. The molecule has 0 fully saturated rings. The Kier molecular flexibility index (Phi) is 8.73. The van der Waals surface area contributed by atoms with Gasteiger partial charge in [-0.25, -0.2) is 9.59 Å². The predicted molar refractivity (Wildman–Crippen MR) is 146 cm³/mol. The van der Waals surface area contributed by atoms with E-state index in [-0.39, 0.29) is 18.9 Å². The highest BCUT2D eigenvalue weighted by molar-refractivity contribution is 7.99. The van der Waals surface area contributed by atoms with E-state index in [4.69, 9.17) is 14.2 Å². The summed E-state index contributed by atoms with van der Waals surface area (Å²) in [5, 5.41) is 2.61. The largest absolute Gasteiger partial charge is 0.517 e. The van der Waals surface area contributed by atoms with E-state index in [0.29, 0.717) is 5.75 Å². The number of esters is 1. The van der Waals surface area contributed by atoms with E-state index in [1.807, 2.05) is 78.9 Å². The molecule has 1 atom stereocenters. The summed E-state index contributed by atoms with van der Waals surface area (Å²) in [6, 6.07) is 24.9. The van der Waals surface area contributed by atoms with E-state index in [9.17, 15) is 14.4 Å². The van der Waals surface area contributed by atoms with Crippen molar-refractivity contribution in [2.24, 2.45) is 0 Å². The summed E-state index contributed by atoms with van der Waals surface area (Å²) in [6.45, 7) is 5.36. The first-order chi connectivity index (χ1) is 18.2. The highest BCUT2D eigenvalue weighted by atomic mass is 32.2. The van der Waals surface area contributed by atoms with Crippen LogP contribution in [0, 0.1) is 0 Å². The van der Waals surface area contributed by atoms with Crippen molar-refractivity contribution in [3.05, 3.63) is 90.0 Å². The van der Waals surface area contributed by atoms with Crippen LogP contribution in [0.3, 0.4) is 0 Å². The summed E-state index contributed by atoms with van der Waals surface area (Å²) in [5.41, 5.74) is 3.66. The maximum absolute atomic E-state index is 12.5. The van der Waals surface area contributed by atoms with Gasteiger partial charge in [0.1, 0.15) is 12.2 Å². The molecule has 8 heteroatoms. The molecule has 4 rings (SSSR count). The molecule has 0 aromatic heterocycles. The minimum atomic E-state index is -1.10. The molecule has 0 saturated heterocycles. The average Bonchev–Trinajstić information content (AvgIpc) is 3.19. The number of benzene rings is 3. The van der Waals surface area contributed by atoms with Crippen LogP contribution in [0.15, 0.2) is 83.8 Å². The Hall–Kier alpha value is -3.78. The predicted octanol–water partition coefficient (Wildman–Crippen LogP) is 6.55. The van der Waals surface area contributed by atoms with E-state index >= 15 is 0 Å². The molecule has 0 spiro atoms. The molecule has 0 aliphatic heterocycles. The van der Waals surface area contributed by atoms with Gasteiger partial charge in [0.25, 0.3) is 0 Å². The monoisotopic (exact) mass is 533 g/mol. The first kappa shape index (κ1) is 27.3. The Labute approximate surface area is 226 Å². The molecule has 1 N–H and O–H groups in total. The van der Waals surface area contributed by atoms with Crippen molar-refractivity contribution in [1.82, 2.24) is 5.32 Å². The summed E-state index contributed by atoms with van der Waals surface area (Å²) in [5.74, 6) is -0.235. The van der Waals surface area contributed by atoms with Gasteiger partial charge in [0.15, 0.2) is 0 Å². The summed E-state index contributed by atoms with van der Waals surface area (Å²) in [6.07, 6.45) is -2.16. The van der Waals surface area contributed by atoms with Gasteiger partial charge in [-0.15, -0.1) is 11.8 Å². The van der Waals surface area contributed by atoms with E-state index in [1.165, 1.54) is 11.8 Å². The Balaban J connectivity index is 1.34. The number of ether oxygens (including phenoxy) is 3. The molecule has 198 valence electrons. The Morgan fingerprint density at radius 3 is 2.05 bits per heavy atom. The fourth-order valence-corrected chi connectivity index (χ4v) is 5.29. The molecule has 0 saturated carbocycles. The molecule has 1 aliphatic carbocycles. The molecule has 7 nitrogen and oxygen atoms in total. The SMILES string of the molecule is CC(C)(C)OC(=O)CC(CSc1ccccc1)NC(=O)OC(=O)OCC1c2ccccc2-c2ccccc21. The summed E-state index contributed by atoms with van der Waals surface area (Å²) < 4.78 is 15.6. The van der Waals surface area contributed by atoms with Crippen molar-refractivity contribution < 1.29 is 28.6 Å². The summed E-state index contributed by atoms with van der Waals surface area (Å²) in [7, 11) is 0. The Bertz CT molecular complexity index is 1240. The van der Waals surface area contributed by atoms with Crippen molar-refractivity contribution in [2.45, 2.75) is 49.6 Å². The van der Waals surface area contributed by atoms with Crippen molar-refractivity contribution >= 4 is 30.0 Å². The maximum atomic E-state index is 12.5. The lowest BCUT2D eigenvalue weighted by Gasteiger charge is -2.22. The van der Waals surface area contributed by atoms with Crippen LogP contribution in [0.5, 0.6) is 0 Å². The summed E-state index contributed by atoms with van der Waals surface area (Å²) >= 11 is 1.47. The van der Waals surface area contributed by atoms with Gasteiger partial charge < -0.3 is 19.5 Å². The van der Waals surface area contributed by atoms with Gasteiger partial charge in [-0.2, -0.15) is 0 Å². The molecule has 1 aliphatic rings. The van der Waals surface area contributed by atoms with Crippen LogP contribution in [-0.4, -0.2) is 42.2 Å². The van der Waals surface area contributed by atoms with Gasteiger partial charge in [0.05, 0.1) is 12.5 Å². The van der Waals surface area contributed by atoms with Gasteiger partial charge in [-0.3, -0.25) is 4.79 Å². The zero-order valence-electron chi connectivity index (χ0n) is 21.6. The minimum Gasteiger partial charge on any atom is -0.460 e. The molecular weight excluding hydrogens is 502 g/mol.